The first-order chi connectivity index (χ1) is 15.1. The number of anilines is 2. The van der Waals surface area contributed by atoms with E-state index in [0.717, 1.165) is 40.7 Å². The molecule has 3 aromatic rings. The fraction of sp³-hybridized carbons (Fsp3) is 0.0952. The second kappa shape index (κ2) is 9.10. The summed E-state index contributed by atoms with van der Waals surface area (Å²) < 4.78 is 53.7. The molecule has 0 radical (unpaired) electrons. The van der Waals surface area contributed by atoms with Crippen molar-refractivity contribution in [3.63, 3.8) is 0 Å². The van der Waals surface area contributed by atoms with Crippen LogP contribution in [0.5, 0.6) is 0 Å². The third-order valence-electron chi connectivity index (χ3n) is 4.58. The number of hydrogen-bond donors (Lipinski definition) is 1. The molecule has 0 saturated carbocycles. The summed E-state index contributed by atoms with van der Waals surface area (Å²) in [6.45, 7) is 0.730. The van der Waals surface area contributed by atoms with Crippen molar-refractivity contribution in [2.24, 2.45) is 0 Å². The lowest BCUT2D eigenvalue weighted by Gasteiger charge is -2.24. The number of sulfonamides is 1. The van der Waals surface area contributed by atoms with Crippen LogP contribution in [0.3, 0.4) is 0 Å². The first kappa shape index (κ1) is 22.8. The van der Waals surface area contributed by atoms with Crippen LogP contribution in [0.1, 0.15) is 5.56 Å². The minimum Gasteiger partial charge on any atom is -0.324 e. The lowest BCUT2D eigenvalue weighted by Crippen LogP contribution is -2.38. The van der Waals surface area contributed by atoms with Crippen LogP contribution in [-0.4, -0.2) is 25.8 Å². The maximum absolute atomic E-state index is 13.4. The average molecular weight is 461 g/mol. The highest BCUT2D eigenvalue weighted by molar-refractivity contribution is 7.92. The van der Waals surface area contributed by atoms with Gasteiger partial charge in [0.1, 0.15) is 18.2 Å². The molecule has 0 heterocycles. The van der Waals surface area contributed by atoms with E-state index in [4.69, 9.17) is 0 Å². The predicted octanol–water partition coefficient (Wildman–Crippen LogP) is 4.02. The number of carbonyl (C=O) groups excluding carboxylic acids is 1. The number of amides is 1. The molecule has 0 saturated heterocycles. The zero-order valence-corrected chi connectivity index (χ0v) is 17.5. The normalized spacial score (nSPS) is 11.1. The number of hydrogen-bond acceptors (Lipinski definition) is 5. The van der Waals surface area contributed by atoms with Crippen molar-refractivity contribution in [1.29, 1.82) is 0 Å². The molecule has 166 valence electrons. The van der Waals surface area contributed by atoms with Crippen molar-refractivity contribution in [3.05, 3.63) is 94.0 Å². The van der Waals surface area contributed by atoms with Crippen LogP contribution in [-0.2, 0) is 14.8 Å². The molecule has 11 heteroatoms. The van der Waals surface area contributed by atoms with E-state index in [1.165, 1.54) is 37.3 Å². The average Bonchev–Trinajstić information content (AvgIpc) is 2.74. The van der Waals surface area contributed by atoms with E-state index in [0.29, 0.717) is 0 Å². The van der Waals surface area contributed by atoms with Gasteiger partial charge in [-0.25, -0.2) is 17.2 Å². The lowest BCUT2D eigenvalue weighted by atomic mass is 10.1. The Labute approximate surface area is 182 Å². The molecule has 8 nitrogen and oxygen atoms in total. The quantitative estimate of drug-likeness (QED) is 0.422. The van der Waals surface area contributed by atoms with Crippen LogP contribution in [0, 0.1) is 28.7 Å². The number of halogens is 2. The Balaban J connectivity index is 1.95. The number of rotatable bonds is 7. The summed E-state index contributed by atoms with van der Waals surface area (Å²) in [6.07, 6.45) is 0. The van der Waals surface area contributed by atoms with E-state index < -0.39 is 39.0 Å². The zero-order valence-electron chi connectivity index (χ0n) is 16.7. The molecule has 0 aliphatic heterocycles. The molecule has 0 aliphatic carbocycles. The van der Waals surface area contributed by atoms with Crippen molar-refractivity contribution in [2.45, 2.75) is 11.8 Å². The van der Waals surface area contributed by atoms with E-state index in [9.17, 15) is 32.1 Å². The fourth-order valence-electron chi connectivity index (χ4n) is 2.93. The molecule has 3 aromatic carbocycles. The molecule has 0 fully saturated rings. The maximum atomic E-state index is 13.4. The SMILES string of the molecule is Cc1c(NC(=O)CN(c2ccc(F)cc2)S(=O)(=O)c2ccc(F)cc2)cccc1[N+](=O)[O-]. The predicted molar refractivity (Wildman–Crippen MR) is 114 cm³/mol. The summed E-state index contributed by atoms with van der Waals surface area (Å²) in [5.41, 5.74) is 0.127. The number of nitrogens with one attached hydrogen (secondary N) is 1. The van der Waals surface area contributed by atoms with Crippen molar-refractivity contribution in [1.82, 2.24) is 0 Å². The van der Waals surface area contributed by atoms with Crippen LogP contribution < -0.4 is 9.62 Å². The molecular formula is C21H17F2N3O5S. The van der Waals surface area contributed by atoms with Gasteiger partial charge in [-0.2, -0.15) is 0 Å². The molecule has 32 heavy (non-hydrogen) atoms. The second-order valence-corrected chi connectivity index (χ2v) is 8.56. The van der Waals surface area contributed by atoms with E-state index >= 15 is 0 Å². The third-order valence-corrected chi connectivity index (χ3v) is 6.37. The summed E-state index contributed by atoms with van der Waals surface area (Å²) in [5.74, 6) is -2.04. The summed E-state index contributed by atoms with van der Waals surface area (Å²) in [5, 5.41) is 13.6. The Hall–Kier alpha value is -3.86. The third kappa shape index (κ3) is 4.89. The smallest absolute Gasteiger partial charge is 0.274 e. The number of nitro groups is 1. The van der Waals surface area contributed by atoms with Gasteiger partial charge in [-0.3, -0.25) is 19.2 Å². The standard InChI is InChI=1S/C21H17F2N3O5S/c1-14-19(3-2-4-20(14)26(28)29)24-21(27)13-25(17-9-5-15(22)6-10-17)32(30,31)18-11-7-16(23)8-12-18/h2-12H,13H2,1H3,(H,24,27). The molecule has 1 amide bonds. The topological polar surface area (TPSA) is 110 Å². The van der Waals surface area contributed by atoms with Gasteiger partial charge < -0.3 is 5.32 Å². The van der Waals surface area contributed by atoms with Crippen LogP contribution in [0.4, 0.5) is 25.8 Å². The summed E-state index contributed by atoms with van der Waals surface area (Å²) in [4.78, 5) is 22.9. The minimum absolute atomic E-state index is 0.00152. The minimum atomic E-state index is -4.33. The number of carbonyl (C=O) groups is 1. The van der Waals surface area contributed by atoms with Crippen molar-refractivity contribution >= 4 is 33.0 Å². The summed E-state index contributed by atoms with van der Waals surface area (Å²) in [6, 6.07) is 12.5. The van der Waals surface area contributed by atoms with Crippen molar-refractivity contribution < 1.29 is 26.9 Å². The first-order valence-electron chi connectivity index (χ1n) is 9.17. The highest BCUT2D eigenvalue weighted by Gasteiger charge is 2.28. The Bertz CT molecular complexity index is 1260. The molecule has 3 rings (SSSR count). The van der Waals surface area contributed by atoms with E-state index in [1.54, 1.807) is 0 Å². The van der Waals surface area contributed by atoms with Gasteiger partial charge >= 0.3 is 0 Å². The van der Waals surface area contributed by atoms with Crippen LogP contribution in [0.2, 0.25) is 0 Å². The lowest BCUT2D eigenvalue weighted by molar-refractivity contribution is -0.385. The largest absolute Gasteiger partial charge is 0.324 e. The zero-order chi connectivity index (χ0) is 23.5. The van der Waals surface area contributed by atoms with Crippen molar-refractivity contribution in [2.75, 3.05) is 16.2 Å². The molecule has 0 spiro atoms. The molecule has 0 aliphatic rings. The van der Waals surface area contributed by atoms with Gasteiger partial charge in [-0.15, -0.1) is 0 Å². The highest BCUT2D eigenvalue weighted by atomic mass is 32.2. The van der Waals surface area contributed by atoms with Gasteiger partial charge in [0.25, 0.3) is 15.7 Å². The van der Waals surface area contributed by atoms with E-state index in [2.05, 4.69) is 5.32 Å². The van der Waals surface area contributed by atoms with E-state index in [-0.39, 0.29) is 27.5 Å². The van der Waals surface area contributed by atoms with Gasteiger partial charge in [0.2, 0.25) is 5.91 Å². The van der Waals surface area contributed by atoms with Gasteiger partial charge in [-0.1, -0.05) is 6.07 Å². The molecule has 0 atom stereocenters. The van der Waals surface area contributed by atoms with Gasteiger partial charge in [-0.05, 0) is 61.5 Å². The van der Waals surface area contributed by atoms with Crippen LogP contribution in [0.15, 0.2) is 71.6 Å². The summed E-state index contributed by atoms with van der Waals surface area (Å²) in [7, 11) is -4.33. The van der Waals surface area contributed by atoms with Gasteiger partial charge in [0, 0.05) is 6.07 Å². The molecular weight excluding hydrogens is 444 g/mol. The fourth-order valence-corrected chi connectivity index (χ4v) is 4.35. The molecule has 0 unspecified atom stereocenters. The monoisotopic (exact) mass is 461 g/mol. The molecule has 0 aromatic heterocycles. The van der Waals surface area contributed by atoms with Crippen molar-refractivity contribution in [3.8, 4) is 0 Å². The number of benzene rings is 3. The Kier molecular flexibility index (Phi) is 6.49. The van der Waals surface area contributed by atoms with E-state index in [1.807, 2.05) is 0 Å². The first-order valence-corrected chi connectivity index (χ1v) is 10.6. The Morgan fingerprint density at radius 2 is 1.56 bits per heavy atom. The Morgan fingerprint density at radius 1 is 1.00 bits per heavy atom. The second-order valence-electron chi connectivity index (χ2n) is 6.70. The number of nitrogens with zero attached hydrogens (tertiary/aromatic N) is 2. The highest BCUT2D eigenvalue weighted by Crippen LogP contribution is 2.27. The van der Waals surface area contributed by atoms with Gasteiger partial charge in [0.15, 0.2) is 0 Å². The molecule has 0 bridgehead atoms. The Morgan fingerprint density at radius 3 is 2.12 bits per heavy atom. The maximum Gasteiger partial charge on any atom is 0.274 e. The van der Waals surface area contributed by atoms with Crippen LogP contribution >= 0.6 is 0 Å². The number of nitro benzene ring substituents is 1. The molecule has 1 N–H and O–H groups in total. The van der Waals surface area contributed by atoms with Gasteiger partial charge in [0.05, 0.1) is 26.8 Å². The van der Waals surface area contributed by atoms with Crippen LogP contribution in [0.25, 0.3) is 0 Å². The summed E-state index contributed by atoms with van der Waals surface area (Å²) >= 11 is 0.